The van der Waals surface area contributed by atoms with Crippen LogP contribution in [-0.4, -0.2) is 35.4 Å². The minimum absolute atomic E-state index is 0.0229. The molecule has 0 atom stereocenters. The monoisotopic (exact) mass is 255 g/mol. The van der Waals surface area contributed by atoms with Crippen molar-refractivity contribution in [1.82, 2.24) is 4.90 Å². The summed E-state index contributed by atoms with van der Waals surface area (Å²) in [5, 5.41) is 12.0. The summed E-state index contributed by atoms with van der Waals surface area (Å²) in [4.78, 5) is 14.3. The van der Waals surface area contributed by atoms with Crippen LogP contribution in [-0.2, 0) is 4.79 Å². The molecule has 104 valence electrons. The third-order valence-electron chi connectivity index (χ3n) is 3.52. The molecule has 0 spiro atoms. The first-order valence-electron chi connectivity index (χ1n) is 6.46. The fourth-order valence-corrected chi connectivity index (χ4v) is 2.80. The zero-order valence-electron chi connectivity index (χ0n) is 11.9. The lowest BCUT2D eigenvalue weighted by molar-refractivity contribution is -0.138. The van der Waals surface area contributed by atoms with Crippen molar-refractivity contribution < 1.29 is 10.0 Å². The summed E-state index contributed by atoms with van der Waals surface area (Å²) in [5.74, 6) is 0.0379. The highest BCUT2D eigenvalue weighted by Crippen LogP contribution is 2.40. The molecule has 3 N–H and O–H groups in total. The first-order chi connectivity index (χ1) is 8.23. The SMILES string of the molecule is CN(CC(C)(C)C)C(=O)C1(C(N)=NO)CCCC1. The van der Waals surface area contributed by atoms with Crippen LogP contribution in [0, 0.1) is 10.8 Å². The van der Waals surface area contributed by atoms with Crippen LogP contribution >= 0.6 is 0 Å². The molecule has 5 nitrogen and oxygen atoms in total. The lowest BCUT2D eigenvalue weighted by Gasteiger charge is -2.34. The molecule has 0 radical (unpaired) electrons. The molecule has 0 aromatic rings. The molecule has 18 heavy (non-hydrogen) atoms. The van der Waals surface area contributed by atoms with Gasteiger partial charge in [0, 0.05) is 13.6 Å². The summed E-state index contributed by atoms with van der Waals surface area (Å²) < 4.78 is 0. The number of oxime groups is 1. The summed E-state index contributed by atoms with van der Waals surface area (Å²) in [6.45, 7) is 6.91. The summed E-state index contributed by atoms with van der Waals surface area (Å²) in [6.07, 6.45) is 3.25. The van der Waals surface area contributed by atoms with Gasteiger partial charge < -0.3 is 15.8 Å². The first-order valence-corrected chi connectivity index (χ1v) is 6.46. The molecular formula is C13H25N3O2. The highest BCUT2D eigenvalue weighted by molar-refractivity contribution is 6.06. The zero-order valence-corrected chi connectivity index (χ0v) is 11.9. The van der Waals surface area contributed by atoms with Gasteiger partial charge in [-0.2, -0.15) is 0 Å². The smallest absolute Gasteiger partial charge is 0.236 e. The molecule has 1 saturated carbocycles. The van der Waals surface area contributed by atoms with Crippen LogP contribution in [0.25, 0.3) is 0 Å². The molecule has 1 amide bonds. The van der Waals surface area contributed by atoms with Crippen molar-refractivity contribution in [3.63, 3.8) is 0 Å². The number of amidine groups is 1. The molecule has 0 unspecified atom stereocenters. The molecule has 1 aliphatic rings. The van der Waals surface area contributed by atoms with Gasteiger partial charge in [0.1, 0.15) is 5.41 Å². The first kappa shape index (κ1) is 14.8. The van der Waals surface area contributed by atoms with E-state index in [9.17, 15) is 4.79 Å². The number of nitrogens with zero attached hydrogens (tertiary/aromatic N) is 2. The quantitative estimate of drug-likeness (QED) is 0.349. The topological polar surface area (TPSA) is 78.9 Å². The van der Waals surface area contributed by atoms with Crippen LogP contribution in [0.2, 0.25) is 0 Å². The van der Waals surface area contributed by atoms with Gasteiger partial charge in [-0.05, 0) is 18.3 Å². The maximum Gasteiger partial charge on any atom is 0.236 e. The second-order valence-corrected chi connectivity index (χ2v) is 6.50. The lowest BCUT2D eigenvalue weighted by atomic mass is 9.82. The highest BCUT2D eigenvalue weighted by atomic mass is 16.4. The van der Waals surface area contributed by atoms with Crippen LogP contribution in [0.3, 0.4) is 0 Å². The van der Waals surface area contributed by atoms with Gasteiger partial charge >= 0.3 is 0 Å². The van der Waals surface area contributed by atoms with Crippen LogP contribution < -0.4 is 5.73 Å². The highest BCUT2D eigenvalue weighted by Gasteiger charge is 2.47. The van der Waals surface area contributed by atoms with Gasteiger partial charge in [-0.25, -0.2) is 0 Å². The number of nitrogens with two attached hydrogens (primary N) is 1. The van der Waals surface area contributed by atoms with Crippen molar-refractivity contribution in [3.05, 3.63) is 0 Å². The predicted molar refractivity (Wildman–Crippen MR) is 71.4 cm³/mol. The molecule has 0 heterocycles. The Labute approximate surface area is 109 Å². The average molecular weight is 255 g/mol. The number of carbonyl (C=O) groups is 1. The normalized spacial score (nSPS) is 19.9. The molecule has 1 fully saturated rings. The minimum atomic E-state index is -0.783. The minimum Gasteiger partial charge on any atom is -0.409 e. The van der Waals surface area contributed by atoms with E-state index in [2.05, 4.69) is 25.9 Å². The van der Waals surface area contributed by atoms with Crippen molar-refractivity contribution in [3.8, 4) is 0 Å². The van der Waals surface area contributed by atoms with E-state index in [0.29, 0.717) is 19.4 Å². The number of amides is 1. The second-order valence-electron chi connectivity index (χ2n) is 6.50. The molecule has 0 saturated heterocycles. The summed E-state index contributed by atoms with van der Waals surface area (Å²) in [5.41, 5.74) is 5.02. The number of rotatable bonds is 3. The zero-order chi connectivity index (χ0) is 14.0. The summed E-state index contributed by atoms with van der Waals surface area (Å²) in [6, 6.07) is 0. The van der Waals surface area contributed by atoms with Crippen molar-refractivity contribution in [2.24, 2.45) is 21.7 Å². The van der Waals surface area contributed by atoms with Crippen LogP contribution in [0.4, 0.5) is 0 Å². The Hall–Kier alpha value is -1.26. The van der Waals surface area contributed by atoms with Gasteiger partial charge in [0.15, 0.2) is 5.84 Å². The van der Waals surface area contributed by atoms with E-state index in [1.54, 1.807) is 11.9 Å². The second kappa shape index (κ2) is 5.16. The molecule has 0 aromatic heterocycles. The third kappa shape index (κ3) is 2.94. The summed E-state index contributed by atoms with van der Waals surface area (Å²) in [7, 11) is 1.79. The number of hydrogen-bond donors (Lipinski definition) is 2. The van der Waals surface area contributed by atoms with E-state index in [4.69, 9.17) is 10.9 Å². The molecule has 0 aliphatic heterocycles. The Kier molecular flexibility index (Phi) is 4.24. The Morgan fingerprint density at radius 2 is 1.89 bits per heavy atom. The lowest BCUT2D eigenvalue weighted by Crippen LogP contribution is -2.50. The van der Waals surface area contributed by atoms with Gasteiger partial charge in [0.05, 0.1) is 0 Å². The fourth-order valence-electron chi connectivity index (χ4n) is 2.80. The van der Waals surface area contributed by atoms with Crippen molar-refractivity contribution in [2.75, 3.05) is 13.6 Å². The van der Waals surface area contributed by atoms with Gasteiger partial charge in [-0.15, -0.1) is 0 Å². The Balaban J connectivity index is 2.91. The van der Waals surface area contributed by atoms with Crippen molar-refractivity contribution in [1.29, 1.82) is 0 Å². The van der Waals surface area contributed by atoms with E-state index in [1.165, 1.54) is 0 Å². The maximum absolute atomic E-state index is 12.6. The van der Waals surface area contributed by atoms with E-state index in [1.807, 2.05) is 0 Å². The van der Waals surface area contributed by atoms with Crippen molar-refractivity contribution >= 4 is 11.7 Å². The van der Waals surface area contributed by atoms with E-state index < -0.39 is 5.41 Å². The Bertz CT molecular complexity index is 339. The average Bonchev–Trinajstić information content (AvgIpc) is 2.74. The summed E-state index contributed by atoms with van der Waals surface area (Å²) >= 11 is 0. The van der Waals surface area contributed by atoms with Gasteiger partial charge in [-0.1, -0.05) is 38.8 Å². The number of carbonyl (C=O) groups excluding carboxylic acids is 1. The Morgan fingerprint density at radius 1 is 1.39 bits per heavy atom. The van der Waals surface area contributed by atoms with Gasteiger partial charge in [0.25, 0.3) is 0 Å². The molecule has 1 rings (SSSR count). The van der Waals surface area contributed by atoms with E-state index in [0.717, 1.165) is 12.8 Å². The van der Waals surface area contributed by atoms with E-state index in [-0.39, 0.29) is 17.2 Å². The molecular weight excluding hydrogens is 230 g/mol. The van der Waals surface area contributed by atoms with Crippen LogP contribution in [0.1, 0.15) is 46.5 Å². The van der Waals surface area contributed by atoms with Crippen molar-refractivity contribution in [2.45, 2.75) is 46.5 Å². The number of hydrogen-bond acceptors (Lipinski definition) is 3. The molecule has 1 aliphatic carbocycles. The predicted octanol–water partition coefficient (Wildman–Crippen LogP) is 1.80. The Morgan fingerprint density at radius 3 is 2.28 bits per heavy atom. The molecule has 5 heteroatoms. The standard InChI is InChI=1S/C13H25N3O2/c1-12(2,3)9-16(4)11(17)13(10(14)15-18)7-5-6-8-13/h18H,5-9H2,1-4H3,(H2,14,15). The maximum atomic E-state index is 12.6. The van der Waals surface area contributed by atoms with E-state index >= 15 is 0 Å². The molecule has 0 aromatic carbocycles. The van der Waals surface area contributed by atoms with Crippen LogP contribution in [0.15, 0.2) is 5.16 Å². The van der Waals surface area contributed by atoms with Gasteiger partial charge in [0.2, 0.25) is 5.91 Å². The fraction of sp³-hybridized carbons (Fsp3) is 0.846. The third-order valence-corrected chi connectivity index (χ3v) is 3.52. The van der Waals surface area contributed by atoms with Gasteiger partial charge in [-0.3, -0.25) is 4.79 Å². The largest absolute Gasteiger partial charge is 0.409 e. The van der Waals surface area contributed by atoms with Crippen LogP contribution in [0.5, 0.6) is 0 Å². The molecule has 0 bridgehead atoms.